The van der Waals surface area contributed by atoms with Crippen molar-refractivity contribution < 1.29 is 9.84 Å². The third-order valence-corrected chi connectivity index (χ3v) is 4.75. The Morgan fingerprint density at radius 3 is 2.48 bits per heavy atom. The zero-order chi connectivity index (χ0) is 15.5. The van der Waals surface area contributed by atoms with Gasteiger partial charge in [-0.1, -0.05) is 44.2 Å². The third-order valence-electron chi connectivity index (χ3n) is 4.75. The van der Waals surface area contributed by atoms with Crippen LogP contribution in [0.25, 0.3) is 0 Å². The zero-order valence-electron chi connectivity index (χ0n) is 13.7. The summed E-state index contributed by atoms with van der Waals surface area (Å²) in [6.07, 6.45) is 1.76. The maximum Gasteiger partial charge on any atom is 0.0947 e. The normalized spacial score (nSPS) is 26.8. The summed E-state index contributed by atoms with van der Waals surface area (Å²) in [5, 5.41) is 10.9. The Morgan fingerprint density at radius 1 is 1.24 bits per heavy atom. The highest BCUT2D eigenvalue weighted by molar-refractivity contribution is 5.19. The molecular weight excluding hydrogens is 262 g/mol. The number of likely N-dealkylation sites (tertiary alicyclic amines) is 1. The summed E-state index contributed by atoms with van der Waals surface area (Å²) in [6, 6.07) is 10.1. The van der Waals surface area contributed by atoms with Gasteiger partial charge in [0.15, 0.2) is 0 Å². The molecule has 3 heteroatoms. The summed E-state index contributed by atoms with van der Waals surface area (Å²) in [5.74, 6) is 0.388. The summed E-state index contributed by atoms with van der Waals surface area (Å²) in [7, 11) is 1.79. The molecule has 1 fully saturated rings. The number of methoxy groups -OCH3 is 1. The topological polar surface area (TPSA) is 32.7 Å². The second kappa shape index (κ2) is 6.91. The molecule has 0 aromatic heterocycles. The lowest BCUT2D eigenvalue weighted by Gasteiger charge is -2.46. The van der Waals surface area contributed by atoms with Gasteiger partial charge in [-0.2, -0.15) is 0 Å². The Hall–Kier alpha value is -0.900. The molecule has 1 aromatic carbocycles. The first-order valence-electron chi connectivity index (χ1n) is 7.99. The van der Waals surface area contributed by atoms with Gasteiger partial charge in [0, 0.05) is 19.7 Å². The van der Waals surface area contributed by atoms with E-state index in [4.69, 9.17) is 4.74 Å². The molecule has 0 radical (unpaired) electrons. The van der Waals surface area contributed by atoms with Crippen LogP contribution in [-0.2, 0) is 4.74 Å². The number of aliphatic hydroxyl groups excluding tert-OH is 1. The average molecular weight is 291 g/mol. The molecule has 21 heavy (non-hydrogen) atoms. The van der Waals surface area contributed by atoms with E-state index in [-0.39, 0.29) is 11.6 Å². The lowest BCUT2D eigenvalue weighted by atomic mass is 9.87. The van der Waals surface area contributed by atoms with Crippen molar-refractivity contribution in [1.29, 1.82) is 0 Å². The van der Waals surface area contributed by atoms with Gasteiger partial charge in [-0.3, -0.25) is 4.90 Å². The first kappa shape index (κ1) is 16.5. The van der Waals surface area contributed by atoms with E-state index in [0.717, 1.165) is 31.5 Å². The molecule has 3 unspecified atom stereocenters. The number of nitrogens with zero attached hydrogens (tertiary/aromatic N) is 1. The molecule has 1 aliphatic rings. The summed E-state index contributed by atoms with van der Waals surface area (Å²) in [5.41, 5.74) is 0.905. The largest absolute Gasteiger partial charge is 0.387 e. The van der Waals surface area contributed by atoms with E-state index in [1.807, 2.05) is 30.3 Å². The van der Waals surface area contributed by atoms with Crippen LogP contribution in [0.3, 0.4) is 0 Å². The van der Waals surface area contributed by atoms with Gasteiger partial charge in [0.25, 0.3) is 0 Å². The number of aliphatic hydroxyl groups is 1. The van der Waals surface area contributed by atoms with Crippen LogP contribution in [-0.4, -0.2) is 41.8 Å². The van der Waals surface area contributed by atoms with Gasteiger partial charge in [0.1, 0.15) is 0 Å². The fraction of sp³-hybridized carbons (Fsp3) is 0.667. The van der Waals surface area contributed by atoms with Gasteiger partial charge in [-0.25, -0.2) is 0 Å². The highest BCUT2D eigenvalue weighted by atomic mass is 16.5. The molecule has 0 aliphatic carbocycles. The first-order chi connectivity index (χ1) is 9.97. The molecule has 1 aromatic rings. The maximum absolute atomic E-state index is 10.9. The van der Waals surface area contributed by atoms with Crippen molar-refractivity contribution in [2.75, 3.05) is 20.2 Å². The number of piperidine rings is 1. The summed E-state index contributed by atoms with van der Waals surface area (Å²) in [6.45, 7) is 8.47. The predicted molar refractivity (Wildman–Crippen MR) is 86.2 cm³/mol. The standard InChI is InChI=1S/C18H29NO2/c1-14(2)16(17(20)15-9-6-5-7-10-15)19-12-8-11-18(3,13-19)21-4/h5-7,9-10,14,16-17,20H,8,11-13H2,1-4H3. The van der Waals surface area contributed by atoms with Gasteiger partial charge >= 0.3 is 0 Å². The number of ether oxygens (including phenoxy) is 1. The number of hydrogen-bond donors (Lipinski definition) is 1. The fourth-order valence-corrected chi connectivity index (χ4v) is 3.50. The molecule has 0 amide bonds. The van der Waals surface area contributed by atoms with Crippen LogP contribution >= 0.6 is 0 Å². The molecule has 1 saturated heterocycles. The Balaban J connectivity index is 2.19. The lowest BCUT2D eigenvalue weighted by Crippen LogP contribution is -2.54. The van der Waals surface area contributed by atoms with Crippen molar-refractivity contribution in [3.8, 4) is 0 Å². The van der Waals surface area contributed by atoms with Crippen molar-refractivity contribution in [3.63, 3.8) is 0 Å². The highest BCUT2D eigenvalue weighted by Crippen LogP contribution is 2.32. The van der Waals surface area contributed by atoms with Gasteiger partial charge in [0.05, 0.1) is 11.7 Å². The van der Waals surface area contributed by atoms with E-state index in [1.54, 1.807) is 7.11 Å². The number of rotatable bonds is 5. The van der Waals surface area contributed by atoms with E-state index in [0.29, 0.717) is 5.92 Å². The van der Waals surface area contributed by atoms with Crippen LogP contribution in [0.1, 0.15) is 45.3 Å². The van der Waals surface area contributed by atoms with E-state index >= 15 is 0 Å². The minimum Gasteiger partial charge on any atom is -0.387 e. The molecule has 1 heterocycles. The first-order valence-corrected chi connectivity index (χ1v) is 7.99. The SMILES string of the molecule is COC1(C)CCCN(C(C(C)C)C(O)c2ccccc2)C1. The van der Waals surface area contributed by atoms with Crippen molar-refractivity contribution in [2.24, 2.45) is 5.92 Å². The molecule has 0 saturated carbocycles. The molecular formula is C18H29NO2. The van der Waals surface area contributed by atoms with Crippen molar-refractivity contribution in [2.45, 2.75) is 51.4 Å². The van der Waals surface area contributed by atoms with Gasteiger partial charge < -0.3 is 9.84 Å². The quantitative estimate of drug-likeness (QED) is 0.904. The Morgan fingerprint density at radius 2 is 1.90 bits per heavy atom. The molecule has 2 rings (SSSR count). The predicted octanol–water partition coefficient (Wildman–Crippen LogP) is 3.25. The number of hydrogen-bond acceptors (Lipinski definition) is 3. The lowest BCUT2D eigenvalue weighted by molar-refractivity contribution is -0.0849. The van der Waals surface area contributed by atoms with Crippen LogP contribution in [0.4, 0.5) is 0 Å². The number of benzene rings is 1. The second-order valence-corrected chi connectivity index (χ2v) is 6.82. The monoisotopic (exact) mass is 291 g/mol. The van der Waals surface area contributed by atoms with Crippen molar-refractivity contribution in [3.05, 3.63) is 35.9 Å². The van der Waals surface area contributed by atoms with E-state index < -0.39 is 6.10 Å². The Labute approximate surface area is 128 Å². The molecule has 1 aliphatic heterocycles. The van der Waals surface area contributed by atoms with Gasteiger partial charge in [-0.05, 0) is 37.8 Å². The van der Waals surface area contributed by atoms with Crippen LogP contribution in [0.5, 0.6) is 0 Å². The van der Waals surface area contributed by atoms with E-state index in [1.165, 1.54) is 0 Å². The minimum atomic E-state index is -0.453. The summed E-state index contributed by atoms with van der Waals surface area (Å²) in [4.78, 5) is 2.41. The van der Waals surface area contributed by atoms with E-state index in [2.05, 4.69) is 25.7 Å². The average Bonchev–Trinajstić information content (AvgIpc) is 2.48. The van der Waals surface area contributed by atoms with Crippen LogP contribution in [0.2, 0.25) is 0 Å². The molecule has 3 atom stereocenters. The maximum atomic E-state index is 10.9. The minimum absolute atomic E-state index is 0.0954. The van der Waals surface area contributed by atoms with Crippen LogP contribution in [0, 0.1) is 5.92 Å². The molecule has 0 spiro atoms. The molecule has 0 bridgehead atoms. The van der Waals surface area contributed by atoms with E-state index in [9.17, 15) is 5.11 Å². The van der Waals surface area contributed by atoms with Crippen molar-refractivity contribution in [1.82, 2.24) is 4.90 Å². The third kappa shape index (κ3) is 3.85. The molecule has 118 valence electrons. The Bertz CT molecular complexity index is 434. The summed E-state index contributed by atoms with van der Waals surface area (Å²) < 4.78 is 5.70. The summed E-state index contributed by atoms with van der Waals surface area (Å²) >= 11 is 0. The molecule has 3 nitrogen and oxygen atoms in total. The van der Waals surface area contributed by atoms with Gasteiger partial charge in [0.2, 0.25) is 0 Å². The second-order valence-electron chi connectivity index (χ2n) is 6.82. The molecule has 1 N–H and O–H groups in total. The van der Waals surface area contributed by atoms with Crippen LogP contribution in [0.15, 0.2) is 30.3 Å². The van der Waals surface area contributed by atoms with Crippen molar-refractivity contribution >= 4 is 0 Å². The van der Waals surface area contributed by atoms with Crippen LogP contribution < -0.4 is 0 Å². The smallest absolute Gasteiger partial charge is 0.0947 e. The highest BCUT2D eigenvalue weighted by Gasteiger charge is 2.37. The van der Waals surface area contributed by atoms with Gasteiger partial charge in [-0.15, -0.1) is 0 Å². The Kier molecular flexibility index (Phi) is 5.42. The zero-order valence-corrected chi connectivity index (χ0v) is 13.7. The fourth-order valence-electron chi connectivity index (χ4n) is 3.50.